The fourth-order valence-corrected chi connectivity index (χ4v) is 3.76. The van der Waals surface area contributed by atoms with Crippen molar-refractivity contribution in [3.8, 4) is 0 Å². The standard InChI is InChI=1S/C15H21N5O/c1-11-8-13(20-14(18-11)16-10-17-20)19-12-4-7-21-15(9-12)5-2-3-6-15/h8,10,12,19H,2-7,9H2,1H3. The first-order valence-electron chi connectivity index (χ1n) is 7.82. The highest BCUT2D eigenvalue weighted by Gasteiger charge is 2.40. The van der Waals surface area contributed by atoms with Gasteiger partial charge in [0.1, 0.15) is 12.1 Å². The second-order valence-electron chi connectivity index (χ2n) is 6.33. The van der Waals surface area contributed by atoms with Crippen LogP contribution >= 0.6 is 0 Å². The van der Waals surface area contributed by atoms with Crippen LogP contribution in [0.2, 0.25) is 0 Å². The monoisotopic (exact) mass is 287 g/mol. The molecule has 1 unspecified atom stereocenters. The fourth-order valence-electron chi connectivity index (χ4n) is 3.76. The molecule has 6 heteroatoms. The number of aromatic nitrogens is 4. The van der Waals surface area contributed by atoms with E-state index >= 15 is 0 Å². The van der Waals surface area contributed by atoms with E-state index in [1.54, 1.807) is 10.8 Å². The molecule has 0 amide bonds. The van der Waals surface area contributed by atoms with Gasteiger partial charge in [-0.25, -0.2) is 4.98 Å². The Labute approximate surface area is 123 Å². The third-order valence-corrected chi connectivity index (χ3v) is 4.74. The molecular weight excluding hydrogens is 266 g/mol. The second-order valence-corrected chi connectivity index (χ2v) is 6.33. The molecule has 1 aliphatic heterocycles. The molecule has 1 spiro atoms. The fraction of sp³-hybridized carbons (Fsp3) is 0.667. The summed E-state index contributed by atoms with van der Waals surface area (Å²) in [6, 6.07) is 2.48. The first-order chi connectivity index (χ1) is 10.2. The number of fused-ring (bicyclic) bond motifs is 1. The van der Waals surface area contributed by atoms with E-state index in [1.807, 2.05) is 13.0 Å². The van der Waals surface area contributed by atoms with E-state index in [9.17, 15) is 0 Å². The summed E-state index contributed by atoms with van der Waals surface area (Å²) in [5.41, 5.74) is 1.08. The SMILES string of the molecule is Cc1cc(NC2CCOC3(CCCC3)C2)n2ncnc2n1. The summed E-state index contributed by atoms with van der Waals surface area (Å²) in [7, 11) is 0. The highest BCUT2D eigenvalue weighted by atomic mass is 16.5. The van der Waals surface area contributed by atoms with Gasteiger partial charge in [-0.1, -0.05) is 12.8 Å². The Balaban J connectivity index is 1.58. The van der Waals surface area contributed by atoms with Gasteiger partial charge in [-0.3, -0.25) is 0 Å². The molecular formula is C15H21N5O. The molecule has 21 heavy (non-hydrogen) atoms. The maximum Gasteiger partial charge on any atom is 0.254 e. The van der Waals surface area contributed by atoms with Crippen molar-refractivity contribution in [1.82, 2.24) is 19.6 Å². The summed E-state index contributed by atoms with van der Waals surface area (Å²) in [6.45, 7) is 2.84. The Kier molecular flexibility index (Phi) is 3.06. The molecule has 4 rings (SSSR count). The maximum absolute atomic E-state index is 6.10. The molecule has 6 nitrogen and oxygen atoms in total. The molecule has 3 heterocycles. The van der Waals surface area contributed by atoms with Gasteiger partial charge in [0.15, 0.2) is 0 Å². The van der Waals surface area contributed by atoms with Crippen molar-refractivity contribution in [3.63, 3.8) is 0 Å². The van der Waals surface area contributed by atoms with Crippen LogP contribution in [0.15, 0.2) is 12.4 Å². The third-order valence-electron chi connectivity index (χ3n) is 4.74. The molecule has 1 saturated carbocycles. The van der Waals surface area contributed by atoms with Crippen LogP contribution < -0.4 is 5.32 Å². The predicted octanol–water partition coefficient (Wildman–Crippen LogP) is 2.34. The van der Waals surface area contributed by atoms with Crippen LogP contribution in [-0.4, -0.2) is 37.8 Å². The zero-order chi connectivity index (χ0) is 14.3. The largest absolute Gasteiger partial charge is 0.375 e. The van der Waals surface area contributed by atoms with Gasteiger partial charge in [0.2, 0.25) is 0 Å². The average molecular weight is 287 g/mol. The number of nitrogens with zero attached hydrogens (tertiary/aromatic N) is 4. The molecule has 1 N–H and O–H groups in total. The van der Waals surface area contributed by atoms with Crippen LogP contribution in [-0.2, 0) is 4.74 Å². The lowest BCUT2D eigenvalue weighted by molar-refractivity contribution is -0.0767. The van der Waals surface area contributed by atoms with E-state index in [0.717, 1.165) is 31.0 Å². The van der Waals surface area contributed by atoms with Crippen molar-refractivity contribution in [2.45, 2.75) is 57.1 Å². The Morgan fingerprint density at radius 3 is 3.10 bits per heavy atom. The Morgan fingerprint density at radius 1 is 1.38 bits per heavy atom. The highest BCUT2D eigenvalue weighted by molar-refractivity contribution is 5.45. The summed E-state index contributed by atoms with van der Waals surface area (Å²) >= 11 is 0. The lowest BCUT2D eigenvalue weighted by Gasteiger charge is -2.38. The molecule has 0 aromatic carbocycles. The Morgan fingerprint density at radius 2 is 2.24 bits per heavy atom. The van der Waals surface area contributed by atoms with E-state index in [-0.39, 0.29) is 5.60 Å². The molecule has 1 aliphatic carbocycles. The van der Waals surface area contributed by atoms with Crippen molar-refractivity contribution in [2.24, 2.45) is 0 Å². The maximum atomic E-state index is 6.10. The van der Waals surface area contributed by atoms with Crippen LogP contribution in [0.5, 0.6) is 0 Å². The highest BCUT2D eigenvalue weighted by Crippen LogP contribution is 2.40. The molecule has 1 saturated heterocycles. The number of aryl methyl sites for hydroxylation is 1. The zero-order valence-corrected chi connectivity index (χ0v) is 12.4. The van der Waals surface area contributed by atoms with Gasteiger partial charge in [-0.2, -0.15) is 14.6 Å². The number of nitrogens with one attached hydrogen (secondary N) is 1. The van der Waals surface area contributed by atoms with Crippen LogP contribution in [0.4, 0.5) is 5.82 Å². The smallest absolute Gasteiger partial charge is 0.254 e. The quantitative estimate of drug-likeness (QED) is 0.918. The van der Waals surface area contributed by atoms with Crippen LogP contribution in [0.3, 0.4) is 0 Å². The average Bonchev–Trinajstić information content (AvgIpc) is 3.08. The number of ether oxygens (including phenoxy) is 1. The summed E-state index contributed by atoms with van der Waals surface area (Å²) in [5, 5.41) is 7.91. The van der Waals surface area contributed by atoms with Gasteiger partial charge in [0, 0.05) is 24.4 Å². The number of hydrogen-bond acceptors (Lipinski definition) is 5. The first-order valence-corrected chi connectivity index (χ1v) is 7.82. The Hall–Kier alpha value is -1.69. The molecule has 0 bridgehead atoms. The minimum absolute atomic E-state index is 0.124. The lowest BCUT2D eigenvalue weighted by atomic mass is 9.89. The minimum Gasteiger partial charge on any atom is -0.375 e. The molecule has 2 aliphatic rings. The van der Waals surface area contributed by atoms with Crippen LogP contribution in [0.25, 0.3) is 5.78 Å². The van der Waals surface area contributed by atoms with Gasteiger partial charge in [-0.15, -0.1) is 0 Å². The topological polar surface area (TPSA) is 64.3 Å². The van der Waals surface area contributed by atoms with Crippen molar-refractivity contribution in [2.75, 3.05) is 11.9 Å². The summed E-state index contributed by atoms with van der Waals surface area (Å²) in [5.74, 6) is 1.63. The number of rotatable bonds is 2. The lowest BCUT2D eigenvalue weighted by Crippen LogP contribution is -2.42. The summed E-state index contributed by atoms with van der Waals surface area (Å²) in [6.07, 6.45) is 8.70. The molecule has 1 atom stereocenters. The van der Waals surface area contributed by atoms with E-state index in [4.69, 9.17) is 4.74 Å². The van der Waals surface area contributed by atoms with E-state index in [0.29, 0.717) is 11.8 Å². The first kappa shape index (κ1) is 13.0. The molecule has 112 valence electrons. The molecule has 2 aromatic heterocycles. The van der Waals surface area contributed by atoms with Gasteiger partial charge >= 0.3 is 0 Å². The van der Waals surface area contributed by atoms with Crippen LogP contribution in [0, 0.1) is 6.92 Å². The van der Waals surface area contributed by atoms with Gasteiger partial charge < -0.3 is 10.1 Å². The van der Waals surface area contributed by atoms with Crippen molar-refractivity contribution in [1.29, 1.82) is 0 Å². The zero-order valence-electron chi connectivity index (χ0n) is 12.4. The summed E-state index contributed by atoms with van der Waals surface area (Å²) < 4.78 is 7.88. The molecule has 2 aromatic rings. The van der Waals surface area contributed by atoms with Gasteiger partial charge in [-0.05, 0) is 32.6 Å². The molecule has 2 fully saturated rings. The van der Waals surface area contributed by atoms with Crippen molar-refractivity contribution >= 4 is 11.6 Å². The Bertz CT molecular complexity index is 647. The number of anilines is 1. The number of hydrogen-bond donors (Lipinski definition) is 1. The van der Waals surface area contributed by atoms with Gasteiger partial charge in [0.05, 0.1) is 5.60 Å². The van der Waals surface area contributed by atoms with E-state index in [2.05, 4.69) is 20.4 Å². The van der Waals surface area contributed by atoms with Crippen molar-refractivity contribution in [3.05, 3.63) is 18.1 Å². The minimum atomic E-state index is 0.124. The van der Waals surface area contributed by atoms with Crippen LogP contribution in [0.1, 0.15) is 44.2 Å². The van der Waals surface area contributed by atoms with E-state index < -0.39 is 0 Å². The summed E-state index contributed by atoms with van der Waals surface area (Å²) in [4.78, 5) is 8.57. The predicted molar refractivity (Wildman–Crippen MR) is 79.3 cm³/mol. The second kappa shape index (κ2) is 4.94. The van der Waals surface area contributed by atoms with Gasteiger partial charge in [0.25, 0.3) is 5.78 Å². The van der Waals surface area contributed by atoms with Crippen molar-refractivity contribution < 1.29 is 4.74 Å². The third kappa shape index (κ3) is 2.37. The normalized spacial score (nSPS) is 24.7. The molecule has 0 radical (unpaired) electrons. The van der Waals surface area contributed by atoms with E-state index in [1.165, 1.54) is 25.7 Å².